The molecule has 0 saturated carbocycles. The van der Waals surface area contributed by atoms with Crippen LogP contribution < -0.4 is 10.1 Å². The van der Waals surface area contributed by atoms with Gasteiger partial charge in [0.2, 0.25) is 5.91 Å². The molecule has 0 spiro atoms. The van der Waals surface area contributed by atoms with Gasteiger partial charge in [-0.15, -0.1) is 16.7 Å². The van der Waals surface area contributed by atoms with E-state index in [2.05, 4.69) is 25.9 Å². The van der Waals surface area contributed by atoms with Gasteiger partial charge in [0.15, 0.2) is 0 Å². The molecule has 1 aromatic carbocycles. The Balaban J connectivity index is 2.05. The first-order chi connectivity index (χ1) is 8.70. The van der Waals surface area contributed by atoms with E-state index < -0.39 is 11.3 Å². The number of amides is 1. The van der Waals surface area contributed by atoms with Gasteiger partial charge in [-0.2, -0.15) is 5.21 Å². The predicted octanol–water partition coefficient (Wildman–Crippen LogP) is 1.13. The molecule has 1 atom stereocenters. The minimum atomic E-state index is -0.839. The summed E-state index contributed by atoms with van der Waals surface area (Å²) in [6.07, 6.45) is 0. The van der Waals surface area contributed by atoms with E-state index >= 15 is 0 Å². The number of alkyl halides is 1. The van der Waals surface area contributed by atoms with E-state index in [0.717, 1.165) is 0 Å². The number of aromatic amines is 1. The van der Waals surface area contributed by atoms with Crippen molar-refractivity contribution in [2.45, 2.75) is 5.38 Å². The van der Waals surface area contributed by atoms with Crippen molar-refractivity contribution in [3.63, 3.8) is 0 Å². The van der Waals surface area contributed by atoms with Gasteiger partial charge in [-0.25, -0.2) is 0 Å². The Morgan fingerprint density at radius 2 is 2.17 bits per heavy atom. The van der Waals surface area contributed by atoms with Crippen molar-refractivity contribution in [1.29, 1.82) is 0 Å². The molecule has 2 N–H and O–H groups in total. The van der Waals surface area contributed by atoms with Crippen LogP contribution in [0.25, 0.3) is 0 Å². The van der Waals surface area contributed by atoms with Crippen LogP contribution in [0.15, 0.2) is 24.3 Å². The Hall–Kier alpha value is -2.15. The van der Waals surface area contributed by atoms with Gasteiger partial charge in [-0.1, -0.05) is 17.2 Å². The third kappa shape index (κ3) is 2.75. The summed E-state index contributed by atoms with van der Waals surface area (Å²) >= 11 is 6.03. The van der Waals surface area contributed by atoms with Crippen molar-refractivity contribution in [2.75, 3.05) is 12.4 Å². The molecule has 1 unspecified atom stereocenters. The molecule has 94 valence electrons. The first kappa shape index (κ1) is 12.3. The van der Waals surface area contributed by atoms with Crippen molar-refractivity contribution in [3.05, 3.63) is 29.8 Å². The van der Waals surface area contributed by atoms with Crippen molar-refractivity contribution >= 4 is 23.5 Å². The molecule has 7 nitrogen and oxygen atoms in total. The average Bonchev–Trinajstić information content (AvgIpc) is 2.91. The van der Waals surface area contributed by atoms with Crippen LogP contribution in [0.3, 0.4) is 0 Å². The fourth-order valence-corrected chi connectivity index (χ4v) is 1.51. The lowest BCUT2D eigenvalue weighted by atomic mass is 10.1. The van der Waals surface area contributed by atoms with E-state index in [-0.39, 0.29) is 5.95 Å². The van der Waals surface area contributed by atoms with E-state index in [9.17, 15) is 4.79 Å². The normalized spacial score (nSPS) is 11.9. The number of anilines is 1. The van der Waals surface area contributed by atoms with Crippen LogP contribution in [-0.4, -0.2) is 33.6 Å². The molecule has 0 aliphatic rings. The Morgan fingerprint density at radius 1 is 1.44 bits per heavy atom. The maximum atomic E-state index is 11.8. The second-order valence-electron chi connectivity index (χ2n) is 3.36. The zero-order valence-corrected chi connectivity index (χ0v) is 10.2. The summed E-state index contributed by atoms with van der Waals surface area (Å²) in [5, 5.41) is 14.3. The van der Waals surface area contributed by atoms with Crippen molar-refractivity contribution < 1.29 is 9.53 Å². The minimum Gasteiger partial charge on any atom is -0.497 e. The van der Waals surface area contributed by atoms with Crippen LogP contribution in [0.2, 0.25) is 0 Å². The Labute approximate surface area is 107 Å². The number of hydrogen-bond acceptors (Lipinski definition) is 5. The molecule has 1 aromatic heterocycles. The van der Waals surface area contributed by atoms with Crippen molar-refractivity contribution in [2.24, 2.45) is 0 Å². The number of tetrazole rings is 1. The number of H-pyrrole nitrogens is 1. The fourth-order valence-electron chi connectivity index (χ4n) is 1.31. The maximum Gasteiger partial charge on any atom is 0.269 e. The topological polar surface area (TPSA) is 92.8 Å². The average molecular weight is 268 g/mol. The molecule has 0 aliphatic heterocycles. The quantitative estimate of drug-likeness (QED) is 0.810. The SMILES string of the molecule is COc1ccc(C(Cl)C(=O)Nc2nn[nH]n2)cc1. The molecule has 0 fully saturated rings. The number of carbonyl (C=O) groups excluding carboxylic acids is 1. The number of ether oxygens (including phenoxy) is 1. The monoisotopic (exact) mass is 267 g/mol. The number of nitrogens with zero attached hydrogens (tertiary/aromatic N) is 3. The highest BCUT2D eigenvalue weighted by Crippen LogP contribution is 2.23. The van der Waals surface area contributed by atoms with Crippen LogP contribution >= 0.6 is 11.6 Å². The molecular weight excluding hydrogens is 258 g/mol. The summed E-state index contributed by atoms with van der Waals surface area (Å²) in [5.74, 6) is 0.351. The smallest absolute Gasteiger partial charge is 0.269 e. The lowest BCUT2D eigenvalue weighted by Gasteiger charge is -2.09. The van der Waals surface area contributed by atoms with Crippen LogP contribution in [-0.2, 0) is 4.79 Å². The second kappa shape index (κ2) is 5.46. The highest BCUT2D eigenvalue weighted by atomic mass is 35.5. The van der Waals surface area contributed by atoms with Crippen LogP contribution in [0.4, 0.5) is 5.95 Å². The molecule has 0 bridgehead atoms. The van der Waals surface area contributed by atoms with E-state index in [0.29, 0.717) is 11.3 Å². The molecule has 2 rings (SSSR count). The molecule has 8 heteroatoms. The minimum absolute atomic E-state index is 0.0826. The van der Waals surface area contributed by atoms with Crippen LogP contribution in [0.1, 0.15) is 10.9 Å². The standard InChI is InChI=1S/C10H10ClN5O2/c1-18-7-4-2-6(3-5-7)8(11)9(17)12-10-13-15-16-14-10/h2-5,8H,1H3,(H2,12,13,14,15,16,17). The number of nitrogens with one attached hydrogen (secondary N) is 2. The van der Waals surface area contributed by atoms with Gasteiger partial charge >= 0.3 is 0 Å². The summed E-state index contributed by atoms with van der Waals surface area (Å²) < 4.78 is 5.02. The van der Waals surface area contributed by atoms with Gasteiger partial charge in [0.25, 0.3) is 5.95 Å². The van der Waals surface area contributed by atoms with E-state index in [1.807, 2.05) is 0 Å². The number of rotatable bonds is 4. The van der Waals surface area contributed by atoms with Gasteiger partial charge in [-0.05, 0) is 22.9 Å². The summed E-state index contributed by atoms with van der Waals surface area (Å²) in [4.78, 5) is 11.8. The molecule has 0 saturated heterocycles. The largest absolute Gasteiger partial charge is 0.497 e. The molecule has 0 radical (unpaired) electrons. The van der Waals surface area contributed by atoms with E-state index in [4.69, 9.17) is 16.3 Å². The number of benzene rings is 1. The lowest BCUT2D eigenvalue weighted by Crippen LogP contribution is -2.18. The zero-order chi connectivity index (χ0) is 13.0. The van der Waals surface area contributed by atoms with Crippen LogP contribution in [0.5, 0.6) is 5.75 Å². The van der Waals surface area contributed by atoms with Crippen molar-refractivity contribution in [3.8, 4) is 5.75 Å². The van der Waals surface area contributed by atoms with Crippen LogP contribution in [0, 0.1) is 0 Å². The highest BCUT2D eigenvalue weighted by Gasteiger charge is 2.19. The molecular formula is C10H10ClN5O2. The van der Waals surface area contributed by atoms with Gasteiger partial charge in [0, 0.05) is 0 Å². The fraction of sp³-hybridized carbons (Fsp3) is 0.200. The van der Waals surface area contributed by atoms with Gasteiger partial charge in [-0.3, -0.25) is 10.1 Å². The molecule has 1 amide bonds. The number of aromatic nitrogens is 4. The summed E-state index contributed by atoms with van der Waals surface area (Å²) in [5.41, 5.74) is 0.651. The number of hydrogen-bond donors (Lipinski definition) is 2. The Morgan fingerprint density at radius 3 is 2.72 bits per heavy atom. The maximum absolute atomic E-state index is 11.8. The molecule has 1 heterocycles. The third-order valence-electron chi connectivity index (χ3n) is 2.22. The molecule has 0 aliphatic carbocycles. The van der Waals surface area contributed by atoms with E-state index in [1.54, 1.807) is 31.4 Å². The van der Waals surface area contributed by atoms with Gasteiger partial charge < -0.3 is 4.74 Å². The highest BCUT2D eigenvalue weighted by molar-refractivity contribution is 6.32. The molecule has 18 heavy (non-hydrogen) atoms. The molecule has 2 aromatic rings. The first-order valence-electron chi connectivity index (χ1n) is 5.03. The summed E-state index contributed by atoms with van der Waals surface area (Å²) in [6.45, 7) is 0. The van der Waals surface area contributed by atoms with E-state index in [1.165, 1.54) is 0 Å². The lowest BCUT2D eigenvalue weighted by molar-refractivity contribution is -0.116. The Kier molecular flexibility index (Phi) is 3.73. The van der Waals surface area contributed by atoms with Gasteiger partial charge in [0.05, 0.1) is 7.11 Å². The number of methoxy groups -OCH3 is 1. The zero-order valence-electron chi connectivity index (χ0n) is 9.42. The van der Waals surface area contributed by atoms with Gasteiger partial charge in [0.1, 0.15) is 11.1 Å². The Bertz CT molecular complexity index is 514. The van der Waals surface area contributed by atoms with Crippen molar-refractivity contribution in [1.82, 2.24) is 20.6 Å². The number of halogens is 1. The number of carbonyl (C=O) groups is 1. The predicted molar refractivity (Wildman–Crippen MR) is 64.4 cm³/mol. The third-order valence-corrected chi connectivity index (χ3v) is 2.67. The summed E-state index contributed by atoms with van der Waals surface area (Å²) in [7, 11) is 1.57. The first-order valence-corrected chi connectivity index (χ1v) is 5.46. The second-order valence-corrected chi connectivity index (χ2v) is 3.80. The summed E-state index contributed by atoms with van der Waals surface area (Å²) in [6, 6.07) is 6.89.